The summed E-state index contributed by atoms with van der Waals surface area (Å²) in [6.45, 7) is 1.56. The summed E-state index contributed by atoms with van der Waals surface area (Å²) >= 11 is 0. The molecule has 0 radical (unpaired) electrons. The van der Waals surface area contributed by atoms with Gasteiger partial charge in [-0.2, -0.15) is 0 Å². The molecule has 0 spiro atoms. The van der Waals surface area contributed by atoms with Crippen molar-refractivity contribution in [2.45, 2.75) is 13.5 Å². The number of furan rings is 1. The summed E-state index contributed by atoms with van der Waals surface area (Å²) in [6, 6.07) is 17.1. The molecule has 2 aromatic carbocycles. The molecule has 0 atom stereocenters. The van der Waals surface area contributed by atoms with Crippen LogP contribution in [0.5, 0.6) is 5.75 Å². The summed E-state index contributed by atoms with van der Waals surface area (Å²) in [4.78, 5) is 25.3. The number of aryl methyl sites for hydroxylation is 1. The van der Waals surface area contributed by atoms with E-state index in [1.54, 1.807) is 13.1 Å². The molecule has 3 rings (SSSR count). The average molecular weight is 367 g/mol. The third-order valence-electron chi connectivity index (χ3n) is 4.05. The maximum Gasteiger partial charge on any atom is 0.344 e. The van der Waals surface area contributed by atoms with Gasteiger partial charge in [0, 0.05) is 7.05 Å². The molecule has 27 heavy (non-hydrogen) atoms. The van der Waals surface area contributed by atoms with Crippen molar-refractivity contribution in [1.82, 2.24) is 4.90 Å². The van der Waals surface area contributed by atoms with Crippen LogP contribution in [0.25, 0.3) is 10.8 Å². The molecule has 0 bridgehead atoms. The smallest absolute Gasteiger partial charge is 0.344 e. The lowest BCUT2D eigenvalue weighted by atomic mass is 10.1. The highest BCUT2D eigenvalue weighted by molar-refractivity contribution is 5.84. The minimum atomic E-state index is -0.598. The second-order valence-electron chi connectivity index (χ2n) is 6.22. The van der Waals surface area contributed by atoms with Gasteiger partial charge >= 0.3 is 5.97 Å². The van der Waals surface area contributed by atoms with E-state index >= 15 is 0 Å². The van der Waals surface area contributed by atoms with Gasteiger partial charge in [0.15, 0.2) is 13.2 Å². The highest BCUT2D eigenvalue weighted by Gasteiger charge is 2.14. The SMILES string of the molecule is Cc1ccc(CN(C)C(=O)COC(=O)COc2ccc3ccccc3c2)o1. The zero-order chi connectivity index (χ0) is 19.2. The standard InChI is InChI=1S/C21H21NO5/c1-15-7-9-19(27-15)12-22(2)20(23)13-26-21(24)14-25-18-10-8-16-5-3-4-6-17(16)11-18/h3-11H,12-14H2,1-2H3. The van der Waals surface area contributed by atoms with E-state index in [4.69, 9.17) is 13.9 Å². The summed E-state index contributed by atoms with van der Waals surface area (Å²) in [6.07, 6.45) is 0. The number of benzene rings is 2. The average Bonchev–Trinajstić information content (AvgIpc) is 3.08. The molecule has 6 heteroatoms. The van der Waals surface area contributed by atoms with Crippen LogP contribution < -0.4 is 4.74 Å². The first kappa shape index (κ1) is 18.5. The van der Waals surface area contributed by atoms with Gasteiger partial charge in [0.05, 0.1) is 6.54 Å². The van der Waals surface area contributed by atoms with Gasteiger partial charge in [-0.05, 0) is 42.0 Å². The molecule has 0 N–H and O–H groups in total. The molecule has 0 fully saturated rings. The van der Waals surface area contributed by atoms with E-state index in [1.807, 2.05) is 55.5 Å². The molecule has 0 aliphatic heterocycles. The van der Waals surface area contributed by atoms with Crippen molar-refractivity contribution in [2.75, 3.05) is 20.3 Å². The van der Waals surface area contributed by atoms with Gasteiger partial charge in [-0.25, -0.2) is 4.79 Å². The van der Waals surface area contributed by atoms with Crippen LogP contribution in [0.4, 0.5) is 0 Å². The molecule has 0 saturated carbocycles. The fourth-order valence-electron chi connectivity index (χ4n) is 2.59. The minimum Gasteiger partial charge on any atom is -0.482 e. The lowest BCUT2D eigenvalue weighted by Crippen LogP contribution is -2.31. The van der Waals surface area contributed by atoms with Gasteiger partial charge in [-0.1, -0.05) is 30.3 Å². The van der Waals surface area contributed by atoms with E-state index in [-0.39, 0.29) is 19.1 Å². The van der Waals surface area contributed by atoms with Gasteiger partial charge in [0.2, 0.25) is 0 Å². The molecule has 1 amide bonds. The van der Waals surface area contributed by atoms with Crippen LogP contribution in [0, 0.1) is 6.92 Å². The Balaban J connectivity index is 1.43. The Bertz CT molecular complexity index is 946. The Morgan fingerprint density at radius 2 is 1.78 bits per heavy atom. The second kappa shape index (κ2) is 8.40. The number of rotatable bonds is 7. The largest absolute Gasteiger partial charge is 0.482 e. The number of esters is 1. The Morgan fingerprint density at radius 1 is 1.00 bits per heavy atom. The lowest BCUT2D eigenvalue weighted by Gasteiger charge is -2.15. The van der Waals surface area contributed by atoms with Crippen molar-refractivity contribution in [1.29, 1.82) is 0 Å². The van der Waals surface area contributed by atoms with Crippen LogP contribution in [0.3, 0.4) is 0 Å². The van der Waals surface area contributed by atoms with E-state index in [0.29, 0.717) is 18.1 Å². The zero-order valence-electron chi connectivity index (χ0n) is 15.3. The molecular formula is C21H21NO5. The van der Waals surface area contributed by atoms with Crippen molar-refractivity contribution in [3.8, 4) is 5.75 Å². The van der Waals surface area contributed by atoms with Crippen molar-refractivity contribution < 1.29 is 23.5 Å². The number of hydrogen-bond donors (Lipinski definition) is 0. The van der Waals surface area contributed by atoms with Gasteiger partial charge in [-0.15, -0.1) is 0 Å². The van der Waals surface area contributed by atoms with Crippen LogP contribution >= 0.6 is 0 Å². The first-order valence-corrected chi connectivity index (χ1v) is 8.58. The van der Waals surface area contributed by atoms with E-state index < -0.39 is 5.97 Å². The van der Waals surface area contributed by atoms with Crippen molar-refractivity contribution in [2.24, 2.45) is 0 Å². The van der Waals surface area contributed by atoms with Crippen molar-refractivity contribution >= 4 is 22.6 Å². The van der Waals surface area contributed by atoms with E-state index in [9.17, 15) is 9.59 Å². The molecular weight excluding hydrogens is 346 g/mol. The lowest BCUT2D eigenvalue weighted by molar-refractivity contribution is -0.153. The Labute approximate surface area is 157 Å². The second-order valence-corrected chi connectivity index (χ2v) is 6.22. The molecule has 0 saturated heterocycles. The summed E-state index contributed by atoms with van der Waals surface area (Å²) in [5.41, 5.74) is 0. The fraction of sp³-hybridized carbons (Fsp3) is 0.238. The predicted octanol–water partition coefficient (Wildman–Crippen LogP) is 3.32. The topological polar surface area (TPSA) is 69.0 Å². The highest BCUT2D eigenvalue weighted by Crippen LogP contribution is 2.20. The van der Waals surface area contributed by atoms with E-state index in [0.717, 1.165) is 16.5 Å². The number of nitrogens with zero attached hydrogens (tertiary/aromatic N) is 1. The molecule has 1 aromatic heterocycles. The Hall–Kier alpha value is -3.28. The monoisotopic (exact) mass is 367 g/mol. The van der Waals surface area contributed by atoms with Crippen LogP contribution in [-0.4, -0.2) is 37.0 Å². The summed E-state index contributed by atoms with van der Waals surface area (Å²) in [7, 11) is 1.62. The van der Waals surface area contributed by atoms with Crippen molar-refractivity contribution in [3.63, 3.8) is 0 Å². The minimum absolute atomic E-state index is 0.257. The summed E-state index contributed by atoms with van der Waals surface area (Å²) in [5, 5.41) is 2.11. The van der Waals surface area contributed by atoms with Gasteiger partial charge in [0.1, 0.15) is 17.3 Å². The summed E-state index contributed by atoms with van der Waals surface area (Å²) in [5.74, 6) is 1.11. The van der Waals surface area contributed by atoms with E-state index in [1.165, 1.54) is 4.90 Å². The Morgan fingerprint density at radius 3 is 2.52 bits per heavy atom. The number of amides is 1. The van der Waals surface area contributed by atoms with Gasteiger partial charge in [-0.3, -0.25) is 4.79 Å². The van der Waals surface area contributed by atoms with Crippen LogP contribution in [0.15, 0.2) is 59.0 Å². The third-order valence-corrected chi connectivity index (χ3v) is 4.05. The van der Waals surface area contributed by atoms with Crippen molar-refractivity contribution in [3.05, 3.63) is 66.1 Å². The first-order valence-electron chi connectivity index (χ1n) is 8.58. The van der Waals surface area contributed by atoms with Crippen LogP contribution in [0.2, 0.25) is 0 Å². The van der Waals surface area contributed by atoms with Gasteiger partial charge in [0.25, 0.3) is 5.91 Å². The van der Waals surface area contributed by atoms with Crippen LogP contribution in [0.1, 0.15) is 11.5 Å². The first-order chi connectivity index (χ1) is 13.0. The molecule has 0 aliphatic carbocycles. The molecule has 6 nitrogen and oxygen atoms in total. The number of fused-ring (bicyclic) bond motifs is 1. The number of carbonyl (C=O) groups excluding carboxylic acids is 2. The molecule has 0 unspecified atom stereocenters. The fourth-order valence-corrected chi connectivity index (χ4v) is 2.59. The van der Waals surface area contributed by atoms with Gasteiger partial charge < -0.3 is 18.8 Å². The van der Waals surface area contributed by atoms with E-state index in [2.05, 4.69) is 0 Å². The predicted molar refractivity (Wildman–Crippen MR) is 100 cm³/mol. The quantitative estimate of drug-likeness (QED) is 0.599. The normalized spacial score (nSPS) is 10.6. The number of likely N-dealkylation sites (N-methyl/N-ethyl adjacent to an activating group) is 1. The molecule has 140 valence electrons. The number of ether oxygens (including phenoxy) is 2. The maximum absolute atomic E-state index is 12.0. The molecule has 3 aromatic rings. The molecule has 1 heterocycles. The number of hydrogen-bond acceptors (Lipinski definition) is 5. The maximum atomic E-state index is 12.0. The molecule has 0 aliphatic rings. The number of carbonyl (C=O) groups is 2. The summed E-state index contributed by atoms with van der Waals surface area (Å²) < 4.78 is 15.9. The Kier molecular flexibility index (Phi) is 5.76. The third kappa shape index (κ3) is 5.10. The zero-order valence-corrected chi connectivity index (χ0v) is 15.3. The highest BCUT2D eigenvalue weighted by atomic mass is 16.6. The van der Waals surface area contributed by atoms with Crippen LogP contribution in [-0.2, 0) is 20.9 Å².